The van der Waals surface area contributed by atoms with E-state index in [2.05, 4.69) is 42.2 Å². The molecule has 3 heterocycles. The summed E-state index contributed by atoms with van der Waals surface area (Å²) in [6.45, 7) is 6.88. The Kier molecular flexibility index (Phi) is 4.71. The van der Waals surface area contributed by atoms with Gasteiger partial charge >= 0.3 is 0 Å². The van der Waals surface area contributed by atoms with Crippen molar-refractivity contribution in [3.63, 3.8) is 0 Å². The number of likely N-dealkylation sites (N-methyl/N-ethyl adjacent to an activating group) is 1. The van der Waals surface area contributed by atoms with Gasteiger partial charge in [0, 0.05) is 25.1 Å². The highest BCUT2D eigenvalue weighted by molar-refractivity contribution is 5.47. The summed E-state index contributed by atoms with van der Waals surface area (Å²) in [6.07, 6.45) is 1.92. The standard InChI is InChI=1S/C15H22N6O2/c1-10-15(20-23-19-10)22-9-6-16-14-12-4-7-21(3)8-5-13(12)17-11(2)18-14/h4-9H2,1-3H3,(H,16,17,18). The van der Waals surface area contributed by atoms with Crippen LogP contribution in [-0.2, 0) is 12.8 Å². The van der Waals surface area contributed by atoms with Crippen molar-refractivity contribution in [3.05, 3.63) is 22.8 Å². The van der Waals surface area contributed by atoms with Gasteiger partial charge in [0.15, 0.2) is 0 Å². The van der Waals surface area contributed by atoms with E-state index < -0.39 is 0 Å². The second-order valence-corrected chi connectivity index (χ2v) is 5.78. The summed E-state index contributed by atoms with van der Waals surface area (Å²) in [5.74, 6) is 2.15. The first-order valence-corrected chi connectivity index (χ1v) is 7.84. The first-order valence-electron chi connectivity index (χ1n) is 7.84. The Labute approximate surface area is 135 Å². The van der Waals surface area contributed by atoms with Crippen LogP contribution in [0.3, 0.4) is 0 Å². The fourth-order valence-electron chi connectivity index (χ4n) is 2.65. The molecule has 0 bridgehead atoms. The first-order chi connectivity index (χ1) is 11.1. The third-order valence-corrected chi connectivity index (χ3v) is 3.92. The number of hydrogen-bond acceptors (Lipinski definition) is 8. The lowest BCUT2D eigenvalue weighted by Crippen LogP contribution is -2.21. The van der Waals surface area contributed by atoms with E-state index in [0.29, 0.717) is 24.7 Å². The molecule has 1 N–H and O–H groups in total. The molecule has 3 rings (SSSR count). The number of hydrogen-bond donors (Lipinski definition) is 1. The number of anilines is 1. The van der Waals surface area contributed by atoms with Crippen molar-refractivity contribution >= 4 is 5.82 Å². The molecule has 0 radical (unpaired) electrons. The minimum absolute atomic E-state index is 0.436. The van der Waals surface area contributed by atoms with Gasteiger partial charge in [0.05, 0.1) is 12.2 Å². The molecule has 0 saturated heterocycles. The Morgan fingerprint density at radius 3 is 2.78 bits per heavy atom. The summed E-state index contributed by atoms with van der Waals surface area (Å²) >= 11 is 0. The van der Waals surface area contributed by atoms with Crippen molar-refractivity contribution in [2.24, 2.45) is 0 Å². The smallest absolute Gasteiger partial charge is 0.278 e. The van der Waals surface area contributed by atoms with E-state index in [-0.39, 0.29) is 0 Å². The van der Waals surface area contributed by atoms with Crippen LogP contribution in [0.4, 0.5) is 5.82 Å². The third-order valence-electron chi connectivity index (χ3n) is 3.92. The van der Waals surface area contributed by atoms with E-state index in [1.54, 1.807) is 6.92 Å². The fourth-order valence-corrected chi connectivity index (χ4v) is 2.65. The van der Waals surface area contributed by atoms with Gasteiger partial charge in [-0.1, -0.05) is 5.16 Å². The van der Waals surface area contributed by atoms with Crippen molar-refractivity contribution in [1.29, 1.82) is 0 Å². The summed E-state index contributed by atoms with van der Waals surface area (Å²) in [5, 5.41) is 10.7. The normalized spacial score (nSPS) is 15.1. The van der Waals surface area contributed by atoms with Crippen LogP contribution in [0.25, 0.3) is 0 Å². The number of ether oxygens (including phenoxy) is 1. The van der Waals surface area contributed by atoms with E-state index >= 15 is 0 Å². The number of aryl methyl sites for hydroxylation is 2. The molecule has 0 amide bonds. The van der Waals surface area contributed by atoms with Gasteiger partial charge in [0.2, 0.25) is 0 Å². The second kappa shape index (κ2) is 6.91. The van der Waals surface area contributed by atoms with Gasteiger partial charge in [-0.2, -0.15) is 0 Å². The summed E-state index contributed by atoms with van der Waals surface area (Å²) in [4.78, 5) is 11.5. The molecule has 0 saturated carbocycles. The number of fused-ring (bicyclic) bond motifs is 1. The lowest BCUT2D eigenvalue weighted by atomic mass is 10.1. The molecule has 0 unspecified atom stereocenters. The second-order valence-electron chi connectivity index (χ2n) is 5.78. The van der Waals surface area contributed by atoms with E-state index in [0.717, 1.165) is 43.3 Å². The Morgan fingerprint density at radius 2 is 2.00 bits per heavy atom. The van der Waals surface area contributed by atoms with Gasteiger partial charge in [-0.3, -0.25) is 0 Å². The summed E-state index contributed by atoms with van der Waals surface area (Å²) in [6, 6.07) is 0. The zero-order valence-corrected chi connectivity index (χ0v) is 13.8. The molecule has 1 aliphatic rings. The van der Waals surface area contributed by atoms with Crippen molar-refractivity contribution in [2.75, 3.05) is 38.6 Å². The average molecular weight is 318 g/mol. The number of nitrogens with zero attached hydrogens (tertiary/aromatic N) is 5. The van der Waals surface area contributed by atoms with Crippen LogP contribution in [0.15, 0.2) is 4.63 Å². The molecule has 8 nitrogen and oxygen atoms in total. The van der Waals surface area contributed by atoms with Crippen molar-refractivity contribution < 1.29 is 9.37 Å². The summed E-state index contributed by atoms with van der Waals surface area (Å²) in [5.41, 5.74) is 3.03. The number of rotatable bonds is 5. The predicted molar refractivity (Wildman–Crippen MR) is 84.7 cm³/mol. The fraction of sp³-hybridized carbons (Fsp3) is 0.600. The zero-order chi connectivity index (χ0) is 16.2. The Hall–Kier alpha value is -2.22. The van der Waals surface area contributed by atoms with Gasteiger partial charge in [0.25, 0.3) is 5.88 Å². The molecule has 0 aliphatic carbocycles. The van der Waals surface area contributed by atoms with Crippen LogP contribution in [0.2, 0.25) is 0 Å². The highest BCUT2D eigenvalue weighted by Gasteiger charge is 2.17. The highest BCUT2D eigenvalue weighted by Crippen LogP contribution is 2.21. The van der Waals surface area contributed by atoms with Gasteiger partial charge in [-0.25, -0.2) is 14.6 Å². The molecule has 0 fully saturated rings. The number of nitrogens with one attached hydrogen (secondary N) is 1. The van der Waals surface area contributed by atoms with E-state index in [1.165, 1.54) is 5.56 Å². The number of aromatic nitrogens is 4. The molecule has 0 atom stereocenters. The van der Waals surface area contributed by atoms with Crippen LogP contribution in [-0.4, -0.2) is 58.5 Å². The molecule has 2 aromatic rings. The van der Waals surface area contributed by atoms with E-state index in [1.807, 2.05) is 6.92 Å². The Balaban J connectivity index is 1.63. The van der Waals surface area contributed by atoms with Crippen LogP contribution < -0.4 is 10.1 Å². The minimum Gasteiger partial charge on any atom is -0.472 e. The van der Waals surface area contributed by atoms with Gasteiger partial charge in [-0.05, 0) is 32.5 Å². The van der Waals surface area contributed by atoms with Crippen LogP contribution >= 0.6 is 0 Å². The van der Waals surface area contributed by atoms with E-state index in [9.17, 15) is 0 Å². The molecule has 8 heteroatoms. The highest BCUT2D eigenvalue weighted by atomic mass is 16.6. The molecular formula is C15H22N6O2. The maximum absolute atomic E-state index is 5.53. The Morgan fingerprint density at radius 1 is 1.17 bits per heavy atom. The molecule has 124 valence electrons. The quantitative estimate of drug-likeness (QED) is 0.817. The summed E-state index contributed by atoms with van der Waals surface area (Å²) < 4.78 is 10.1. The zero-order valence-electron chi connectivity index (χ0n) is 13.8. The molecule has 1 aliphatic heterocycles. The monoisotopic (exact) mass is 318 g/mol. The topological polar surface area (TPSA) is 89.2 Å². The molecular weight excluding hydrogens is 296 g/mol. The van der Waals surface area contributed by atoms with Crippen LogP contribution in [0.1, 0.15) is 22.8 Å². The Bertz CT molecular complexity index is 672. The van der Waals surface area contributed by atoms with Crippen LogP contribution in [0, 0.1) is 13.8 Å². The van der Waals surface area contributed by atoms with Crippen molar-refractivity contribution in [3.8, 4) is 5.88 Å². The molecule has 2 aromatic heterocycles. The lowest BCUT2D eigenvalue weighted by molar-refractivity contribution is 0.261. The maximum atomic E-state index is 5.53. The van der Waals surface area contributed by atoms with Gasteiger partial charge in [0.1, 0.15) is 23.9 Å². The molecule has 23 heavy (non-hydrogen) atoms. The van der Waals surface area contributed by atoms with E-state index in [4.69, 9.17) is 4.74 Å². The predicted octanol–water partition coefficient (Wildman–Crippen LogP) is 0.998. The van der Waals surface area contributed by atoms with Crippen LogP contribution in [0.5, 0.6) is 5.88 Å². The average Bonchev–Trinajstić information content (AvgIpc) is 2.83. The SMILES string of the molecule is Cc1nc2c(c(NCCOc3nonc3C)n1)CCN(C)CC2. The maximum Gasteiger partial charge on any atom is 0.278 e. The van der Waals surface area contributed by atoms with Gasteiger partial charge in [-0.15, -0.1) is 0 Å². The lowest BCUT2D eigenvalue weighted by Gasteiger charge is -2.14. The molecule has 0 spiro atoms. The molecule has 0 aromatic carbocycles. The third kappa shape index (κ3) is 3.76. The largest absolute Gasteiger partial charge is 0.472 e. The van der Waals surface area contributed by atoms with Gasteiger partial charge < -0.3 is 15.0 Å². The minimum atomic E-state index is 0.436. The van der Waals surface area contributed by atoms with Crippen molar-refractivity contribution in [2.45, 2.75) is 26.7 Å². The first kappa shape index (κ1) is 15.7. The summed E-state index contributed by atoms with van der Waals surface area (Å²) in [7, 11) is 2.14. The van der Waals surface area contributed by atoms with Crippen molar-refractivity contribution in [1.82, 2.24) is 25.2 Å².